The molecule has 0 aliphatic heterocycles. The summed E-state index contributed by atoms with van der Waals surface area (Å²) in [5.41, 5.74) is 1.35. The molecule has 0 amide bonds. The maximum absolute atomic E-state index is 8.74. The summed E-state index contributed by atoms with van der Waals surface area (Å²) in [6.07, 6.45) is 1.83. The molecular weight excluding hydrogens is 454 g/mol. The Balaban J connectivity index is 0.000000162. The van der Waals surface area contributed by atoms with Gasteiger partial charge in [0, 0.05) is 6.61 Å². The van der Waals surface area contributed by atoms with Crippen LogP contribution in [-0.2, 0) is 25.3 Å². The standard InChI is InChI=1S/C12H13O.C9H7.C2H4.2ClH.Zr/c13-9-3-5-11-8-7-10-4-1-2-6-12(10)11;1-2-5-9-7-3-6-8(9)4-1;1-2;;;/h1-2,4,6-8,13H,3,5,9H2;1-7H;1H,2H3;2*1H;/q2*-1;;;;+2/p-2. The first-order valence-electron chi connectivity index (χ1n) is 8.97. The Kier molecular flexibility index (Phi) is 10.2. The van der Waals surface area contributed by atoms with Gasteiger partial charge < -0.3 is 5.11 Å². The van der Waals surface area contributed by atoms with E-state index in [4.69, 9.17) is 22.1 Å². The van der Waals surface area contributed by atoms with Gasteiger partial charge in [0.05, 0.1) is 0 Å². The Labute approximate surface area is 176 Å². The van der Waals surface area contributed by atoms with Gasteiger partial charge in [-0.15, -0.1) is 70.8 Å². The first-order valence-corrected chi connectivity index (χ1v) is 16.7. The van der Waals surface area contributed by atoms with Crippen molar-refractivity contribution >= 4 is 42.3 Å². The number of rotatable bonds is 3. The quantitative estimate of drug-likeness (QED) is 0.322. The van der Waals surface area contributed by atoms with Gasteiger partial charge in [0.25, 0.3) is 0 Å². The fourth-order valence-corrected chi connectivity index (χ4v) is 2.77. The van der Waals surface area contributed by atoms with Crippen molar-refractivity contribution in [3.8, 4) is 0 Å². The molecule has 0 bridgehead atoms. The summed E-state index contributed by atoms with van der Waals surface area (Å²) in [6.45, 7) is 2.17. The zero-order valence-corrected chi connectivity index (χ0v) is 19.4. The molecule has 0 fully saturated rings. The van der Waals surface area contributed by atoms with Crippen LogP contribution in [0.5, 0.6) is 0 Å². The molecule has 27 heavy (non-hydrogen) atoms. The van der Waals surface area contributed by atoms with Gasteiger partial charge in [0.1, 0.15) is 0 Å². The Hall–Kier alpha value is -1.05. The fourth-order valence-electron chi connectivity index (χ4n) is 2.77. The molecule has 0 saturated carbocycles. The van der Waals surface area contributed by atoms with Crippen LogP contribution in [0.15, 0.2) is 78.9 Å². The van der Waals surface area contributed by atoms with Crippen LogP contribution in [0.25, 0.3) is 21.5 Å². The van der Waals surface area contributed by atoms with E-state index in [9.17, 15) is 0 Å². The summed E-state index contributed by atoms with van der Waals surface area (Å²) in [5.74, 6) is 0. The molecule has 1 nitrogen and oxygen atoms in total. The molecule has 0 aliphatic rings. The van der Waals surface area contributed by atoms with E-state index in [0.29, 0.717) is 0 Å². The topological polar surface area (TPSA) is 20.2 Å². The fraction of sp³-hybridized carbons (Fsp3) is 0.174. The van der Waals surface area contributed by atoms with E-state index in [1.165, 1.54) is 27.1 Å². The van der Waals surface area contributed by atoms with Gasteiger partial charge in [0.15, 0.2) is 0 Å². The Morgan fingerprint density at radius 1 is 0.963 bits per heavy atom. The van der Waals surface area contributed by atoms with Crippen LogP contribution in [0.3, 0.4) is 0 Å². The summed E-state index contributed by atoms with van der Waals surface area (Å²) in [7, 11) is 10.7. The summed E-state index contributed by atoms with van der Waals surface area (Å²) in [6, 6.07) is 27.3. The van der Waals surface area contributed by atoms with Crippen molar-refractivity contribution in [2.45, 2.75) is 19.8 Å². The van der Waals surface area contributed by atoms with Crippen LogP contribution >= 0.6 is 17.0 Å². The number of aliphatic hydroxyl groups excluding tert-OH is 1. The van der Waals surface area contributed by atoms with Crippen LogP contribution in [0.1, 0.15) is 18.9 Å². The molecule has 1 N–H and O–H groups in total. The zero-order chi connectivity index (χ0) is 19.5. The molecule has 0 unspecified atom stereocenters. The third-order valence-electron chi connectivity index (χ3n) is 4.14. The van der Waals surface area contributed by atoms with Gasteiger partial charge in [0.2, 0.25) is 0 Å². The predicted octanol–water partition coefficient (Wildman–Crippen LogP) is 6.78. The maximum atomic E-state index is 8.74. The van der Waals surface area contributed by atoms with Crippen molar-refractivity contribution in [2.75, 3.05) is 6.61 Å². The number of fused-ring (bicyclic) bond motifs is 2. The van der Waals surface area contributed by atoms with Gasteiger partial charge in [-0.3, -0.25) is 0 Å². The van der Waals surface area contributed by atoms with Crippen LogP contribution < -0.4 is 0 Å². The molecule has 142 valence electrons. The van der Waals surface area contributed by atoms with Gasteiger partial charge >= 0.3 is 46.5 Å². The molecular formula is C23H24Cl2OZr-2. The largest absolute Gasteiger partial charge is 0.396 e. The molecule has 0 saturated heterocycles. The maximum Gasteiger partial charge on any atom is 0.0426 e. The van der Waals surface area contributed by atoms with Crippen molar-refractivity contribution in [1.82, 2.24) is 0 Å². The van der Waals surface area contributed by atoms with E-state index in [1.807, 2.05) is 10.6 Å². The van der Waals surface area contributed by atoms with Crippen LogP contribution in [0, 0.1) is 0 Å². The third kappa shape index (κ3) is 7.47. The molecule has 0 spiro atoms. The van der Waals surface area contributed by atoms with Crippen molar-refractivity contribution in [1.29, 1.82) is 0 Å². The smallest absolute Gasteiger partial charge is 0.0426 e. The Bertz CT molecular complexity index is 934. The van der Waals surface area contributed by atoms with Crippen molar-refractivity contribution < 1.29 is 24.0 Å². The summed E-state index contributed by atoms with van der Waals surface area (Å²) in [4.78, 5) is 0. The van der Waals surface area contributed by atoms with E-state index >= 15 is 0 Å². The van der Waals surface area contributed by atoms with Crippen LogP contribution in [0.4, 0.5) is 0 Å². The number of halogens is 2. The zero-order valence-electron chi connectivity index (χ0n) is 15.4. The van der Waals surface area contributed by atoms with E-state index < -0.39 is 18.9 Å². The van der Waals surface area contributed by atoms with Gasteiger partial charge in [-0.1, -0.05) is 18.6 Å². The van der Waals surface area contributed by atoms with Crippen molar-refractivity contribution in [3.63, 3.8) is 0 Å². The second-order valence-corrected chi connectivity index (χ2v) is 14.8. The predicted molar refractivity (Wildman–Crippen MR) is 118 cm³/mol. The first-order chi connectivity index (χ1) is 13.2. The second kappa shape index (κ2) is 12.4. The minimum Gasteiger partial charge on any atom is -0.396 e. The number of hydrogen-bond acceptors (Lipinski definition) is 1. The van der Waals surface area contributed by atoms with Crippen LogP contribution in [0.2, 0.25) is 0 Å². The molecule has 0 aliphatic carbocycles. The molecule has 0 atom stereocenters. The molecule has 4 aromatic carbocycles. The number of aliphatic hydroxyl groups is 1. The number of hydrogen-bond donors (Lipinski definition) is 1. The average molecular weight is 479 g/mol. The monoisotopic (exact) mass is 476 g/mol. The average Bonchev–Trinajstić information content (AvgIpc) is 3.34. The van der Waals surface area contributed by atoms with Crippen LogP contribution in [-0.4, -0.2) is 15.4 Å². The third-order valence-corrected chi connectivity index (χ3v) is 7.80. The van der Waals surface area contributed by atoms with Crippen molar-refractivity contribution in [3.05, 3.63) is 84.4 Å². The SMILES string of the molecule is C[CH]=[Zr]([Cl])[Cl].OCCCc1c[cH-]c2ccccc12.c1ccc2[cH-]ccc2c1. The van der Waals surface area contributed by atoms with E-state index in [1.54, 1.807) is 0 Å². The number of aryl methyl sites for hydroxylation is 1. The van der Waals surface area contributed by atoms with Crippen molar-refractivity contribution in [2.24, 2.45) is 0 Å². The summed E-state index contributed by atoms with van der Waals surface area (Å²) in [5, 5.41) is 14.0. The molecule has 4 rings (SSSR count). The van der Waals surface area contributed by atoms with E-state index in [0.717, 1.165) is 12.8 Å². The van der Waals surface area contributed by atoms with E-state index in [-0.39, 0.29) is 6.61 Å². The normalized spacial score (nSPS) is 9.93. The van der Waals surface area contributed by atoms with Gasteiger partial charge in [-0.05, 0) is 6.42 Å². The molecule has 0 heterocycles. The second-order valence-electron chi connectivity index (χ2n) is 6.01. The molecule has 4 aromatic rings. The minimum atomic E-state index is -1.76. The summed E-state index contributed by atoms with van der Waals surface area (Å²) < 4.78 is 1.89. The molecule has 0 radical (unpaired) electrons. The Morgan fingerprint density at radius 2 is 1.63 bits per heavy atom. The van der Waals surface area contributed by atoms with Gasteiger partial charge in [-0.2, -0.15) is 23.1 Å². The molecule has 4 heteroatoms. The first kappa shape index (κ1) is 22.2. The number of benzene rings is 2. The van der Waals surface area contributed by atoms with Gasteiger partial charge in [-0.25, -0.2) is 0 Å². The summed E-state index contributed by atoms with van der Waals surface area (Å²) >= 11 is -1.76. The minimum absolute atomic E-state index is 0.277. The Morgan fingerprint density at radius 3 is 2.30 bits per heavy atom. The van der Waals surface area contributed by atoms with E-state index in [2.05, 4.69) is 78.9 Å². The molecule has 0 aromatic heterocycles.